The molecular weight excluding hydrogens is 404 g/mol. The number of nitrogens with one attached hydrogen (secondary N) is 1. The minimum Gasteiger partial charge on any atom is -0.497 e. The third-order valence-corrected chi connectivity index (χ3v) is 5.73. The van der Waals surface area contributed by atoms with Crippen LogP contribution in [0.3, 0.4) is 0 Å². The van der Waals surface area contributed by atoms with Gasteiger partial charge >= 0.3 is 0 Å². The van der Waals surface area contributed by atoms with Gasteiger partial charge < -0.3 is 9.47 Å². The van der Waals surface area contributed by atoms with E-state index in [1.54, 1.807) is 11.8 Å². The maximum Gasteiger partial charge on any atom is 0.280 e. The van der Waals surface area contributed by atoms with Gasteiger partial charge in [-0.2, -0.15) is 0 Å². The van der Waals surface area contributed by atoms with Gasteiger partial charge in [-0.15, -0.1) is 0 Å². The molecule has 1 aromatic heterocycles. The van der Waals surface area contributed by atoms with E-state index in [4.69, 9.17) is 14.5 Å². The lowest BCUT2D eigenvalue weighted by Gasteiger charge is -2.26. The molecule has 1 saturated heterocycles. The van der Waals surface area contributed by atoms with Crippen molar-refractivity contribution in [1.82, 2.24) is 14.7 Å². The highest BCUT2D eigenvalue weighted by atomic mass is 16.5. The number of morpholine rings is 1. The fraction of sp³-hybridized carbons (Fsp3) is 0.360. The van der Waals surface area contributed by atoms with Crippen LogP contribution in [-0.2, 0) is 4.74 Å². The molecule has 7 heteroatoms. The number of aliphatic imine (C=N–C) groups is 1. The Morgan fingerprint density at radius 1 is 1.09 bits per heavy atom. The van der Waals surface area contributed by atoms with Gasteiger partial charge in [0, 0.05) is 37.5 Å². The van der Waals surface area contributed by atoms with Gasteiger partial charge in [0.25, 0.3) is 5.56 Å². The summed E-state index contributed by atoms with van der Waals surface area (Å²) in [6.45, 7) is 7.15. The first kappa shape index (κ1) is 22.0. The van der Waals surface area contributed by atoms with Crippen molar-refractivity contribution in [3.63, 3.8) is 0 Å². The molecule has 4 rings (SSSR count). The molecule has 1 fully saturated rings. The van der Waals surface area contributed by atoms with Crippen LogP contribution in [0.5, 0.6) is 5.75 Å². The molecule has 0 radical (unpaired) electrons. The van der Waals surface area contributed by atoms with Crippen LogP contribution in [0.15, 0.2) is 64.4 Å². The van der Waals surface area contributed by atoms with Crippen LogP contribution >= 0.6 is 0 Å². The van der Waals surface area contributed by atoms with Crippen molar-refractivity contribution in [3.05, 3.63) is 70.5 Å². The Bertz CT molecular complexity index is 1090. The summed E-state index contributed by atoms with van der Waals surface area (Å²) >= 11 is 0. The minimum atomic E-state index is -0.101. The predicted octanol–water partition coefficient (Wildman–Crippen LogP) is 3.37. The Kier molecular flexibility index (Phi) is 7.19. The van der Waals surface area contributed by atoms with Crippen molar-refractivity contribution in [2.75, 3.05) is 46.5 Å². The molecule has 7 nitrogen and oxygen atoms in total. The van der Waals surface area contributed by atoms with Crippen LogP contribution in [-0.4, -0.2) is 66.9 Å². The average Bonchev–Trinajstić information content (AvgIpc) is 3.20. The van der Waals surface area contributed by atoms with E-state index in [-0.39, 0.29) is 5.56 Å². The second-order valence-corrected chi connectivity index (χ2v) is 7.84. The molecule has 2 heterocycles. The monoisotopic (exact) mass is 434 g/mol. The number of hydrogen-bond donors (Lipinski definition) is 1. The number of nitrogens with zero attached hydrogens (tertiary/aromatic N) is 3. The summed E-state index contributed by atoms with van der Waals surface area (Å²) in [5.74, 6) is 0.772. The molecule has 2 aromatic carbocycles. The molecule has 3 aromatic rings. The quantitative estimate of drug-likeness (QED) is 0.436. The molecule has 0 atom stereocenters. The number of methoxy groups -OCH3 is 1. The largest absolute Gasteiger partial charge is 0.497 e. The van der Waals surface area contributed by atoms with Crippen molar-refractivity contribution < 1.29 is 9.47 Å². The number of para-hydroxylation sites is 1. The normalized spacial score (nSPS) is 15.1. The van der Waals surface area contributed by atoms with E-state index in [0.717, 1.165) is 67.7 Å². The minimum absolute atomic E-state index is 0.101. The summed E-state index contributed by atoms with van der Waals surface area (Å²) in [4.78, 5) is 20.6. The molecule has 0 aliphatic carbocycles. The fourth-order valence-electron chi connectivity index (χ4n) is 3.94. The van der Waals surface area contributed by atoms with Crippen LogP contribution in [0.2, 0.25) is 0 Å². The molecular formula is C25H30N4O3. The first-order valence-electron chi connectivity index (χ1n) is 11.0. The zero-order valence-electron chi connectivity index (χ0n) is 18.7. The summed E-state index contributed by atoms with van der Waals surface area (Å²) in [7, 11) is 1.64. The van der Waals surface area contributed by atoms with Gasteiger partial charge in [0.05, 0.1) is 37.3 Å². The SMILES string of the molecule is COc1ccc(-c2[nH]n(-c3ccccc3)c(=O)c2C(C)=NCCCN2CCOCC2)cc1. The predicted molar refractivity (Wildman–Crippen MR) is 127 cm³/mol. The Morgan fingerprint density at radius 2 is 1.81 bits per heavy atom. The van der Waals surface area contributed by atoms with E-state index in [0.29, 0.717) is 12.1 Å². The van der Waals surface area contributed by atoms with Gasteiger partial charge in [-0.3, -0.25) is 19.8 Å². The molecule has 0 unspecified atom stereocenters. The molecule has 0 bridgehead atoms. The van der Waals surface area contributed by atoms with Gasteiger partial charge in [-0.1, -0.05) is 18.2 Å². The topological polar surface area (TPSA) is 71.8 Å². The highest BCUT2D eigenvalue weighted by molar-refractivity contribution is 6.03. The number of aromatic nitrogens is 2. The second kappa shape index (κ2) is 10.4. The summed E-state index contributed by atoms with van der Waals surface area (Å²) in [6.07, 6.45) is 0.951. The molecule has 0 amide bonds. The molecule has 1 aliphatic heterocycles. The average molecular weight is 435 g/mol. The van der Waals surface area contributed by atoms with Crippen molar-refractivity contribution in [3.8, 4) is 22.7 Å². The lowest BCUT2D eigenvalue weighted by Crippen LogP contribution is -2.37. The smallest absolute Gasteiger partial charge is 0.280 e. The number of aromatic amines is 1. The van der Waals surface area contributed by atoms with Crippen LogP contribution in [0.25, 0.3) is 16.9 Å². The first-order chi connectivity index (χ1) is 15.7. The molecule has 1 aliphatic rings. The van der Waals surface area contributed by atoms with E-state index < -0.39 is 0 Å². The second-order valence-electron chi connectivity index (χ2n) is 7.84. The third-order valence-electron chi connectivity index (χ3n) is 5.73. The number of rotatable bonds is 8. The van der Waals surface area contributed by atoms with Gasteiger partial charge in [-0.05, 0) is 49.7 Å². The van der Waals surface area contributed by atoms with Crippen LogP contribution in [0, 0.1) is 0 Å². The molecule has 168 valence electrons. The summed E-state index contributed by atoms with van der Waals surface area (Å²) < 4.78 is 12.3. The molecule has 1 N–H and O–H groups in total. The van der Waals surface area contributed by atoms with Gasteiger partial charge in [-0.25, -0.2) is 4.68 Å². The molecule has 32 heavy (non-hydrogen) atoms. The Morgan fingerprint density at radius 3 is 2.50 bits per heavy atom. The van der Waals surface area contributed by atoms with Crippen LogP contribution < -0.4 is 10.3 Å². The first-order valence-corrected chi connectivity index (χ1v) is 11.0. The third kappa shape index (κ3) is 5.00. The standard InChI is InChI=1S/C25H30N4O3/c1-19(26-13-6-14-28-15-17-32-18-16-28)23-24(20-9-11-22(31-2)12-10-20)27-29(25(23)30)21-7-4-3-5-8-21/h3-5,7-12,27H,6,13-18H2,1-2H3. The number of benzene rings is 2. The highest BCUT2D eigenvalue weighted by Gasteiger charge is 2.19. The van der Waals surface area contributed by atoms with Gasteiger partial charge in [0.1, 0.15) is 5.75 Å². The zero-order valence-corrected chi connectivity index (χ0v) is 18.7. The zero-order chi connectivity index (χ0) is 22.3. The van der Waals surface area contributed by atoms with E-state index >= 15 is 0 Å². The Balaban J connectivity index is 1.62. The van der Waals surface area contributed by atoms with Crippen LogP contribution in [0.1, 0.15) is 18.9 Å². The molecule has 0 spiro atoms. The Labute approximate surface area is 188 Å². The van der Waals surface area contributed by atoms with Crippen molar-refractivity contribution in [2.45, 2.75) is 13.3 Å². The maximum absolute atomic E-state index is 13.4. The number of hydrogen-bond acceptors (Lipinski definition) is 5. The molecule has 0 saturated carbocycles. The lowest BCUT2D eigenvalue weighted by molar-refractivity contribution is 0.0377. The number of H-pyrrole nitrogens is 1. The summed E-state index contributed by atoms with van der Waals surface area (Å²) in [6, 6.07) is 17.3. The fourth-order valence-corrected chi connectivity index (χ4v) is 3.94. The number of ether oxygens (including phenoxy) is 2. The lowest BCUT2D eigenvalue weighted by atomic mass is 10.0. The van der Waals surface area contributed by atoms with Crippen molar-refractivity contribution in [2.24, 2.45) is 4.99 Å². The van der Waals surface area contributed by atoms with E-state index in [1.165, 1.54) is 0 Å². The van der Waals surface area contributed by atoms with Crippen LogP contribution in [0.4, 0.5) is 0 Å². The van der Waals surface area contributed by atoms with Crippen molar-refractivity contribution >= 4 is 5.71 Å². The maximum atomic E-state index is 13.4. The van der Waals surface area contributed by atoms with E-state index in [9.17, 15) is 4.79 Å². The Hall–Kier alpha value is -3.16. The van der Waals surface area contributed by atoms with Gasteiger partial charge in [0.2, 0.25) is 0 Å². The van der Waals surface area contributed by atoms with Gasteiger partial charge in [0.15, 0.2) is 0 Å². The summed E-state index contributed by atoms with van der Waals surface area (Å²) in [5.41, 5.74) is 3.71. The van der Waals surface area contributed by atoms with E-state index in [2.05, 4.69) is 10.00 Å². The van der Waals surface area contributed by atoms with Crippen molar-refractivity contribution in [1.29, 1.82) is 0 Å². The summed E-state index contributed by atoms with van der Waals surface area (Å²) in [5, 5.41) is 3.30. The highest BCUT2D eigenvalue weighted by Crippen LogP contribution is 2.24. The van der Waals surface area contributed by atoms with E-state index in [1.807, 2.05) is 61.5 Å².